The van der Waals surface area contributed by atoms with E-state index in [4.69, 9.17) is 9.47 Å². The molecule has 0 radical (unpaired) electrons. The largest absolute Gasteiger partial charge is 0.493 e. The number of halogens is 2. The van der Waals surface area contributed by atoms with Gasteiger partial charge in [0.1, 0.15) is 0 Å². The lowest BCUT2D eigenvalue weighted by Crippen LogP contribution is -2.27. The van der Waals surface area contributed by atoms with Gasteiger partial charge in [-0.15, -0.1) is 0 Å². The molecule has 0 aliphatic heterocycles. The maximum absolute atomic E-state index is 13.3. The Morgan fingerprint density at radius 1 is 1.00 bits per heavy atom. The van der Waals surface area contributed by atoms with Crippen LogP contribution in [0, 0.1) is 11.6 Å². The molecule has 9 heteroatoms. The summed E-state index contributed by atoms with van der Waals surface area (Å²) in [6.45, 7) is 0.122. The van der Waals surface area contributed by atoms with Gasteiger partial charge in [-0.3, -0.25) is 9.59 Å². The van der Waals surface area contributed by atoms with Gasteiger partial charge in [0.15, 0.2) is 23.1 Å². The lowest BCUT2D eigenvalue weighted by atomic mass is 10.1. The number of hydrogen-bond donors (Lipinski definition) is 2. The van der Waals surface area contributed by atoms with Crippen LogP contribution in [0.15, 0.2) is 30.3 Å². The van der Waals surface area contributed by atoms with E-state index in [9.17, 15) is 18.4 Å². The second-order valence-corrected chi connectivity index (χ2v) is 6.13. The third-order valence-corrected chi connectivity index (χ3v) is 3.65. The van der Waals surface area contributed by atoms with Crippen LogP contribution >= 0.6 is 0 Å². The van der Waals surface area contributed by atoms with Crippen molar-refractivity contribution in [2.75, 3.05) is 45.5 Å². The summed E-state index contributed by atoms with van der Waals surface area (Å²) in [7, 11) is 6.27. The van der Waals surface area contributed by atoms with Gasteiger partial charge in [0.05, 0.1) is 26.5 Å². The molecule has 0 atom stereocenters. The summed E-state index contributed by atoms with van der Waals surface area (Å²) in [4.78, 5) is 26.3. The molecule has 2 aromatic carbocycles. The van der Waals surface area contributed by atoms with E-state index in [1.54, 1.807) is 19.0 Å². The zero-order chi connectivity index (χ0) is 20.8. The summed E-state index contributed by atoms with van der Waals surface area (Å²) in [5.74, 6) is -2.55. The summed E-state index contributed by atoms with van der Waals surface area (Å²) < 4.78 is 36.9. The topological polar surface area (TPSA) is 79.9 Å². The van der Waals surface area contributed by atoms with Crippen LogP contribution in [0.25, 0.3) is 0 Å². The molecule has 0 bridgehead atoms. The molecule has 2 aromatic rings. The SMILES string of the molecule is COc1cc(C(=O)Nc2ccc(F)c(F)c2)cc(NC(=O)CN(C)C)c1OC. The quantitative estimate of drug-likeness (QED) is 0.756. The number of hydrogen-bond acceptors (Lipinski definition) is 5. The van der Waals surface area contributed by atoms with Crippen LogP contribution in [0.3, 0.4) is 0 Å². The maximum Gasteiger partial charge on any atom is 0.255 e. The molecular formula is C19H21F2N3O4. The molecule has 0 saturated heterocycles. The highest BCUT2D eigenvalue weighted by atomic mass is 19.2. The number of ether oxygens (including phenoxy) is 2. The molecule has 150 valence electrons. The summed E-state index contributed by atoms with van der Waals surface area (Å²) in [5, 5.41) is 5.13. The molecule has 2 N–H and O–H groups in total. The van der Waals surface area contributed by atoms with E-state index < -0.39 is 17.5 Å². The van der Waals surface area contributed by atoms with Crippen LogP contribution < -0.4 is 20.1 Å². The molecule has 0 aliphatic carbocycles. The minimum Gasteiger partial charge on any atom is -0.493 e. The molecule has 0 aromatic heterocycles. The molecule has 0 fully saturated rings. The van der Waals surface area contributed by atoms with Gasteiger partial charge in [-0.05, 0) is 38.4 Å². The molecule has 0 heterocycles. The lowest BCUT2D eigenvalue weighted by molar-refractivity contribution is -0.116. The Bertz CT molecular complexity index is 888. The third kappa shape index (κ3) is 5.17. The Labute approximate surface area is 161 Å². The van der Waals surface area contributed by atoms with Gasteiger partial charge < -0.3 is 25.0 Å². The molecule has 2 amide bonds. The molecular weight excluding hydrogens is 372 g/mol. The first-order valence-corrected chi connectivity index (χ1v) is 8.22. The summed E-state index contributed by atoms with van der Waals surface area (Å²) in [6.07, 6.45) is 0. The van der Waals surface area contributed by atoms with Crippen LogP contribution in [0.2, 0.25) is 0 Å². The average Bonchev–Trinajstić information content (AvgIpc) is 2.63. The van der Waals surface area contributed by atoms with Crippen molar-refractivity contribution in [3.8, 4) is 11.5 Å². The average molecular weight is 393 g/mol. The monoisotopic (exact) mass is 393 g/mol. The highest BCUT2D eigenvalue weighted by molar-refractivity contribution is 6.06. The number of carbonyl (C=O) groups is 2. The second-order valence-electron chi connectivity index (χ2n) is 6.13. The molecule has 0 saturated carbocycles. The van der Waals surface area contributed by atoms with Gasteiger partial charge in [0, 0.05) is 17.3 Å². The van der Waals surface area contributed by atoms with Gasteiger partial charge in [-0.2, -0.15) is 0 Å². The zero-order valence-corrected chi connectivity index (χ0v) is 15.9. The first-order chi connectivity index (χ1) is 13.2. The van der Waals surface area contributed by atoms with Gasteiger partial charge in [0.25, 0.3) is 5.91 Å². The van der Waals surface area contributed by atoms with Gasteiger partial charge >= 0.3 is 0 Å². The van der Waals surface area contributed by atoms with Crippen LogP contribution in [0.4, 0.5) is 20.2 Å². The van der Waals surface area contributed by atoms with Crippen LogP contribution in [-0.4, -0.2) is 51.6 Å². The fourth-order valence-corrected chi connectivity index (χ4v) is 2.44. The lowest BCUT2D eigenvalue weighted by Gasteiger charge is -2.17. The van der Waals surface area contributed by atoms with Gasteiger partial charge in [-0.25, -0.2) is 8.78 Å². The van der Waals surface area contributed by atoms with Crippen molar-refractivity contribution in [2.24, 2.45) is 0 Å². The number of likely N-dealkylation sites (N-methyl/N-ethyl adjacent to an activating group) is 1. The van der Waals surface area contributed by atoms with Gasteiger partial charge in [-0.1, -0.05) is 0 Å². The summed E-state index contributed by atoms with van der Waals surface area (Å²) >= 11 is 0. The van der Waals surface area contributed by atoms with Crippen LogP contribution in [0.1, 0.15) is 10.4 Å². The minimum absolute atomic E-state index is 0.0804. The second kappa shape index (κ2) is 9.14. The van der Waals surface area contributed by atoms with Crippen molar-refractivity contribution in [2.45, 2.75) is 0 Å². The normalized spacial score (nSPS) is 10.5. The number of methoxy groups -OCH3 is 2. The highest BCUT2D eigenvalue weighted by Crippen LogP contribution is 2.37. The van der Waals surface area contributed by atoms with E-state index in [-0.39, 0.29) is 40.9 Å². The standard InChI is InChI=1S/C19H21F2N3O4/c1-24(2)10-17(25)23-15-7-11(8-16(27-3)18(15)28-4)19(26)22-12-5-6-13(20)14(21)9-12/h5-9H,10H2,1-4H3,(H,22,26)(H,23,25). The minimum atomic E-state index is -1.08. The van der Waals surface area contributed by atoms with Crippen molar-refractivity contribution in [1.29, 1.82) is 0 Å². The number of anilines is 2. The summed E-state index contributed by atoms with van der Waals surface area (Å²) in [5.41, 5.74) is 0.448. The van der Waals surface area contributed by atoms with Crippen molar-refractivity contribution in [1.82, 2.24) is 4.90 Å². The summed E-state index contributed by atoms with van der Waals surface area (Å²) in [6, 6.07) is 5.83. The number of carbonyl (C=O) groups excluding carboxylic acids is 2. The Morgan fingerprint density at radius 3 is 2.29 bits per heavy atom. The number of nitrogens with one attached hydrogen (secondary N) is 2. The highest BCUT2D eigenvalue weighted by Gasteiger charge is 2.18. The fourth-order valence-electron chi connectivity index (χ4n) is 2.44. The van der Waals surface area contributed by atoms with Crippen molar-refractivity contribution in [3.63, 3.8) is 0 Å². The Hall–Kier alpha value is -3.20. The fraction of sp³-hybridized carbons (Fsp3) is 0.263. The maximum atomic E-state index is 13.3. The molecule has 0 spiro atoms. The predicted octanol–water partition coefficient (Wildman–Crippen LogP) is 2.73. The Morgan fingerprint density at radius 2 is 1.71 bits per heavy atom. The van der Waals surface area contributed by atoms with E-state index in [1.807, 2.05) is 0 Å². The Balaban J connectivity index is 2.34. The van der Waals surface area contributed by atoms with Crippen molar-refractivity contribution < 1.29 is 27.8 Å². The Kier molecular flexibility index (Phi) is 6.89. The third-order valence-electron chi connectivity index (χ3n) is 3.65. The van der Waals surface area contributed by atoms with E-state index in [0.29, 0.717) is 0 Å². The molecule has 28 heavy (non-hydrogen) atoms. The number of benzene rings is 2. The molecule has 2 rings (SSSR count). The zero-order valence-electron chi connectivity index (χ0n) is 15.9. The number of amides is 2. The smallest absolute Gasteiger partial charge is 0.255 e. The number of nitrogens with zero attached hydrogens (tertiary/aromatic N) is 1. The molecule has 0 unspecified atom stereocenters. The van der Waals surface area contributed by atoms with E-state index in [0.717, 1.165) is 12.1 Å². The van der Waals surface area contributed by atoms with Crippen LogP contribution in [-0.2, 0) is 4.79 Å². The number of rotatable bonds is 7. The molecule has 7 nitrogen and oxygen atoms in total. The van der Waals surface area contributed by atoms with E-state index in [1.165, 1.54) is 32.4 Å². The first-order valence-electron chi connectivity index (χ1n) is 8.22. The predicted molar refractivity (Wildman–Crippen MR) is 101 cm³/mol. The van der Waals surface area contributed by atoms with Gasteiger partial charge in [0.2, 0.25) is 5.91 Å². The molecule has 0 aliphatic rings. The van der Waals surface area contributed by atoms with E-state index in [2.05, 4.69) is 10.6 Å². The van der Waals surface area contributed by atoms with Crippen molar-refractivity contribution >= 4 is 23.2 Å². The van der Waals surface area contributed by atoms with Crippen molar-refractivity contribution in [3.05, 3.63) is 47.5 Å². The van der Waals surface area contributed by atoms with E-state index >= 15 is 0 Å². The first kappa shape index (κ1) is 21.1. The van der Waals surface area contributed by atoms with Crippen LogP contribution in [0.5, 0.6) is 11.5 Å².